The third-order valence-electron chi connectivity index (χ3n) is 4.20. The van der Waals surface area contributed by atoms with Gasteiger partial charge in [-0.25, -0.2) is 17.8 Å². The molecule has 0 aliphatic heterocycles. The van der Waals surface area contributed by atoms with Crippen LogP contribution in [0.5, 0.6) is 0 Å². The Morgan fingerprint density at radius 3 is 2.77 bits per heavy atom. The van der Waals surface area contributed by atoms with Gasteiger partial charge in [0, 0.05) is 29.3 Å². The molecule has 0 spiro atoms. The first-order valence-electron chi connectivity index (χ1n) is 8.42. The lowest BCUT2D eigenvalue weighted by Crippen LogP contribution is -2.44. The topological polar surface area (TPSA) is 67.3 Å². The van der Waals surface area contributed by atoms with Crippen molar-refractivity contribution in [1.82, 2.24) is 9.88 Å². The van der Waals surface area contributed by atoms with E-state index < -0.39 is 9.84 Å². The molecule has 8 heteroatoms. The Bertz CT molecular complexity index is 907. The zero-order chi connectivity index (χ0) is 18.9. The predicted octanol–water partition coefficient (Wildman–Crippen LogP) is 2.92. The molecule has 1 atom stereocenters. The second kappa shape index (κ2) is 7.44. The van der Waals surface area contributed by atoms with Crippen molar-refractivity contribution in [1.29, 1.82) is 0 Å². The summed E-state index contributed by atoms with van der Waals surface area (Å²) in [7, 11) is -3.16. The van der Waals surface area contributed by atoms with Crippen LogP contribution in [0.2, 0.25) is 0 Å². The summed E-state index contributed by atoms with van der Waals surface area (Å²) >= 11 is 1.36. The highest BCUT2D eigenvalue weighted by molar-refractivity contribution is 7.90. The van der Waals surface area contributed by atoms with Gasteiger partial charge in [-0.1, -0.05) is 12.1 Å². The van der Waals surface area contributed by atoms with Crippen LogP contribution in [-0.2, 0) is 21.1 Å². The smallest absolute Gasteiger partial charge is 0.229 e. The third-order valence-corrected chi connectivity index (χ3v) is 6.23. The molecule has 1 fully saturated rings. The summed E-state index contributed by atoms with van der Waals surface area (Å²) in [4.78, 5) is 18.9. The molecule has 0 saturated heterocycles. The van der Waals surface area contributed by atoms with Gasteiger partial charge in [0.05, 0.1) is 17.9 Å². The summed E-state index contributed by atoms with van der Waals surface area (Å²) in [5, 5.41) is 2.46. The van der Waals surface area contributed by atoms with Gasteiger partial charge in [0.15, 0.2) is 0 Å². The lowest BCUT2D eigenvalue weighted by molar-refractivity contribution is -0.132. The van der Waals surface area contributed by atoms with Gasteiger partial charge in [-0.3, -0.25) is 4.79 Å². The average Bonchev–Trinajstić information content (AvgIpc) is 3.23. The normalized spacial score (nSPS) is 15.7. The van der Waals surface area contributed by atoms with Gasteiger partial charge in [-0.05, 0) is 31.9 Å². The largest absolute Gasteiger partial charge is 0.336 e. The van der Waals surface area contributed by atoms with E-state index in [4.69, 9.17) is 0 Å². The van der Waals surface area contributed by atoms with Gasteiger partial charge in [0.2, 0.25) is 5.91 Å². The number of aromatic nitrogens is 1. The molecule has 0 N–H and O–H groups in total. The summed E-state index contributed by atoms with van der Waals surface area (Å²) in [5.41, 5.74) is 1.30. The molecule has 1 aromatic heterocycles. The second-order valence-electron chi connectivity index (χ2n) is 6.80. The van der Waals surface area contributed by atoms with Crippen LogP contribution in [0.25, 0.3) is 10.6 Å². The zero-order valence-corrected chi connectivity index (χ0v) is 16.3. The highest BCUT2D eigenvalue weighted by Crippen LogP contribution is 2.30. The van der Waals surface area contributed by atoms with Crippen molar-refractivity contribution in [2.75, 3.05) is 12.0 Å². The van der Waals surface area contributed by atoms with Crippen molar-refractivity contribution >= 4 is 27.1 Å². The molecule has 5 nitrogen and oxygen atoms in total. The molecule has 140 valence electrons. The zero-order valence-electron chi connectivity index (χ0n) is 14.7. The van der Waals surface area contributed by atoms with E-state index in [9.17, 15) is 17.6 Å². The molecular formula is C18H21FN2O3S2. The number of sulfone groups is 1. The van der Waals surface area contributed by atoms with Crippen LogP contribution >= 0.6 is 11.3 Å². The minimum absolute atomic E-state index is 0.0408. The maximum Gasteiger partial charge on any atom is 0.229 e. The van der Waals surface area contributed by atoms with Crippen LogP contribution in [0.15, 0.2) is 29.6 Å². The van der Waals surface area contributed by atoms with Crippen LogP contribution < -0.4 is 0 Å². The van der Waals surface area contributed by atoms with Gasteiger partial charge in [-0.15, -0.1) is 11.3 Å². The third kappa shape index (κ3) is 4.88. The number of thiazole rings is 1. The minimum atomic E-state index is -3.16. The Hall–Kier alpha value is -1.80. The van der Waals surface area contributed by atoms with E-state index in [-0.39, 0.29) is 36.0 Å². The summed E-state index contributed by atoms with van der Waals surface area (Å²) < 4.78 is 36.5. The Balaban J connectivity index is 1.72. The fraction of sp³-hybridized carbons (Fsp3) is 0.444. The lowest BCUT2D eigenvalue weighted by Gasteiger charge is -2.28. The molecule has 0 radical (unpaired) electrons. The first-order valence-corrected chi connectivity index (χ1v) is 11.4. The molecule has 0 bridgehead atoms. The van der Waals surface area contributed by atoms with Crippen molar-refractivity contribution in [3.63, 3.8) is 0 Å². The molecule has 1 aliphatic carbocycles. The van der Waals surface area contributed by atoms with Gasteiger partial charge in [0.25, 0.3) is 0 Å². The second-order valence-corrected chi connectivity index (χ2v) is 9.85. The highest BCUT2D eigenvalue weighted by atomic mass is 32.2. The van der Waals surface area contributed by atoms with Crippen LogP contribution in [0, 0.1) is 5.82 Å². The molecule has 1 unspecified atom stereocenters. The van der Waals surface area contributed by atoms with Crippen molar-refractivity contribution in [2.24, 2.45) is 0 Å². The molecule has 1 amide bonds. The number of hydrogen-bond donors (Lipinski definition) is 0. The van der Waals surface area contributed by atoms with E-state index in [1.165, 1.54) is 29.7 Å². The average molecular weight is 397 g/mol. The van der Waals surface area contributed by atoms with Gasteiger partial charge >= 0.3 is 0 Å². The standard InChI is InChI=1S/C18H21FN2O3S2/c1-12(11-26(2,23)24)21(16-6-7-16)17(22)9-15-10-25-18(20-15)13-4-3-5-14(19)8-13/h3-5,8,10,12,16H,6-7,9,11H2,1-2H3. The maximum atomic E-state index is 13.4. The first kappa shape index (κ1) is 19.0. The number of rotatable bonds is 7. The molecule has 2 aromatic rings. The maximum absolute atomic E-state index is 13.4. The quantitative estimate of drug-likeness (QED) is 0.722. The SMILES string of the molecule is CC(CS(C)(=O)=O)N(C(=O)Cc1csc(-c2cccc(F)c2)n1)C1CC1. The van der Waals surface area contributed by atoms with Gasteiger partial charge in [-0.2, -0.15) is 0 Å². The number of amides is 1. The monoisotopic (exact) mass is 396 g/mol. The van der Waals surface area contributed by atoms with Gasteiger partial charge < -0.3 is 4.90 Å². The highest BCUT2D eigenvalue weighted by Gasteiger charge is 2.36. The number of carbonyl (C=O) groups excluding carboxylic acids is 1. The minimum Gasteiger partial charge on any atom is -0.336 e. The molecular weight excluding hydrogens is 375 g/mol. The molecule has 1 saturated carbocycles. The molecule has 3 rings (SSSR count). The van der Waals surface area contributed by atoms with E-state index in [0.717, 1.165) is 12.8 Å². The van der Waals surface area contributed by atoms with E-state index in [1.54, 1.807) is 29.3 Å². The molecule has 1 aromatic carbocycles. The fourth-order valence-electron chi connectivity index (χ4n) is 3.07. The van der Waals surface area contributed by atoms with Crippen molar-refractivity contribution in [3.05, 3.63) is 41.2 Å². The summed E-state index contributed by atoms with van der Waals surface area (Å²) in [5.74, 6) is -0.481. The summed E-state index contributed by atoms with van der Waals surface area (Å²) in [6.07, 6.45) is 3.12. The molecule has 26 heavy (non-hydrogen) atoms. The number of halogens is 1. The lowest BCUT2D eigenvalue weighted by atomic mass is 10.2. The Labute approximate surface area is 156 Å². The number of nitrogens with zero attached hydrogens (tertiary/aromatic N) is 2. The van der Waals surface area contributed by atoms with Crippen LogP contribution in [0.1, 0.15) is 25.5 Å². The summed E-state index contributed by atoms with van der Waals surface area (Å²) in [6.45, 7) is 1.77. The van der Waals surface area contributed by atoms with Crippen molar-refractivity contribution in [2.45, 2.75) is 38.3 Å². The van der Waals surface area contributed by atoms with Crippen LogP contribution in [0.3, 0.4) is 0 Å². The summed E-state index contributed by atoms with van der Waals surface area (Å²) in [6, 6.07) is 5.95. The fourth-order valence-corrected chi connectivity index (χ4v) is 4.92. The first-order chi connectivity index (χ1) is 12.2. The Morgan fingerprint density at radius 1 is 1.42 bits per heavy atom. The van der Waals surface area contributed by atoms with Gasteiger partial charge in [0.1, 0.15) is 20.7 Å². The van der Waals surface area contributed by atoms with Crippen LogP contribution in [-0.4, -0.2) is 48.3 Å². The van der Waals surface area contributed by atoms with E-state index in [2.05, 4.69) is 4.98 Å². The Kier molecular flexibility index (Phi) is 5.43. The predicted molar refractivity (Wildman–Crippen MR) is 100 cm³/mol. The van der Waals surface area contributed by atoms with Crippen molar-refractivity contribution in [3.8, 4) is 10.6 Å². The molecule has 1 heterocycles. The number of benzene rings is 1. The van der Waals surface area contributed by atoms with E-state index in [1.807, 2.05) is 0 Å². The van der Waals surface area contributed by atoms with E-state index >= 15 is 0 Å². The molecule has 1 aliphatic rings. The van der Waals surface area contributed by atoms with Crippen LogP contribution in [0.4, 0.5) is 4.39 Å². The number of hydrogen-bond acceptors (Lipinski definition) is 5. The number of carbonyl (C=O) groups is 1. The van der Waals surface area contributed by atoms with E-state index in [0.29, 0.717) is 16.3 Å². The Morgan fingerprint density at radius 2 is 2.15 bits per heavy atom. The van der Waals surface area contributed by atoms with Crippen molar-refractivity contribution < 1.29 is 17.6 Å².